The summed E-state index contributed by atoms with van der Waals surface area (Å²) in [6.07, 6.45) is 0.900. The standard InChI is InChI=1S/C18H21F2N/c1-4-9-21-18(14-7-5-6-8-15(14)19)17-13(3)10-12(2)11-16(17)20/h5-8,10-11,18,21H,4,9H2,1-3H3. The van der Waals surface area contributed by atoms with Gasteiger partial charge in [-0.2, -0.15) is 0 Å². The zero-order valence-electron chi connectivity index (χ0n) is 12.7. The fraction of sp³-hybridized carbons (Fsp3) is 0.333. The van der Waals surface area contributed by atoms with Crippen LogP contribution in [-0.4, -0.2) is 6.54 Å². The summed E-state index contributed by atoms with van der Waals surface area (Å²) >= 11 is 0. The van der Waals surface area contributed by atoms with E-state index in [9.17, 15) is 8.78 Å². The Balaban J connectivity index is 2.54. The van der Waals surface area contributed by atoms with Gasteiger partial charge in [0.15, 0.2) is 0 Å². The molecule has 3 heteroatoms. The second-order valence-electron chi connectivity index (χ2n) is 5.39. The average Bonchev–Trinajstić information content (AvgIpc) is 2.42. The first-order valence-corrected chi connectivity index (χ1v) is 7.29. The SMILES string of the molecule is CCCNC(c1ccccc1F)c1c(C)cc(C)cc1F. The average molecular weight is 289 g/mol. The summed E-state index contributed by atoms with van der Waals surface area (Å²) in [5.41, 5.74) is 2.72. The molecule has 112 valence electrons. The Morgan fingerprint density at radius 1 is 1.05 bits per heavy atom. The molecule has 0 saturated heterocycles. The minimum Gasteiger partial charge on any atom is -0.306 e. The Morgan fingerprint density at radius 2 is 1.76 bits per heavy atom. The van der Waals surface area contributed by atoms with Crippen molar-refractivity contribution in [3.8, 4) is 0 Å². The molecule has 2 rings (SSSR count). The number of halogens is 2. The summed E-state index contributed by atoms with van der Waals surface area (Å²) in [5.74, 6) is -0.602. The largest absolute Gasteiger partial charge is 0.306 e. The van der Waals surface area contributed by atoms with Gasteiger partial charge in [0.2, 0.25) is 0 Å². The minimum atomic E-state index is -0.466. The van der Waals surface area contributed by atoms with Crippen LogP contribution in [0, 0.1) is 25.5 Å². The lowest BCUT2D eigenvalue weighted by molar-refractivity contribution is 0.518. The summed E-state index contributed by atoms with van der Waals surface area (Å²) in [6.45, 7) is 6.46. The molecule has 0 aliphatic heterocycles. The van der Waals surface area contributed by atoms with Crippen molar-refractivity contribution in [3.05, 3.63) is 70.3 Å². The zero-order valence-corrected chi connectivity index (χ0v) is 12.7. The van der Waals surface area contributed by atoms with E-state index in [0.717, 1.165) is 17.5 Å². The summed E-state index contributed by atoms with van der Waals surface area (Å²) < 4.78 is 28.6. The van der Waals surface area contributed by atoms with Crippen molar-refractivity contribution in [3.63, 3.8) is 0 Å². The van der Waals surface area contributed by atoms with Crippen LogP contribution < -0.4 is 5.32 Å². The van der Waals surface area contributed by atoms with Crippen LogP contribution in [0.1, 0.15) is 41.6 Å². The van der Waals surface area contributed by atoms with Crippen LogP contribution in [0.25, 0.3) is 0 Å². The third-order valence-corrected chi connectivity index (χ3v) is 3.58. The van der Waals surface area contributed by atoms with Gasteiger partial charge in [-0.25, -0.2) is 8.78 Å². The number of nitrogens with one attached hydrogen (secondary N) is 1. The van der Waals surface area contributed by atoms with Crippen molar-refractivity contribution < 1.29 is 8.78 Å². The molecule has 0 amide bonds. The number of rotatable bonds is 5. The van der Waals surface area contributed by atoms with Crippen molar-refractivity contribution in [2.24, 2.45) is 0 Å². The van der Waals surface area contributed by atoms with Gasteiger partial charge < -0.3 is 5.32 Å². The molecule has 21 heavy (non-hydrogen) atoms. The first kappa shape index (κ1) is 15.6. The fourth-order valence-electron chi connectivity index (χ4n) is 2.66. The molecule has 1 N–H and O–H groups in total. The van der Waals surface area contributed by atoms with Gasteiger partial charge in [-0.15, -0.1) is 0 Å². The van der Waals surface area contributed by atoms with E-state index in [1.165, 1.54) is 12.1 Å². The highest BCUT2D eigenvalue weighted by atomic mass is 19.1. The molecule has 0 aliphatic rings. The van der Waals surface area contributed by atoms with E-state index in [0.29, 0.717) is 17.7 Å². The normalized spacial score (nSPS) is 12.4. The minimum absolute atomic E-state index is 0.288. The fourth-order valence-corrected chi connectivity index (χ4v) is 2.66. The lowest BCUT2D eigenvalue weighted by atomic mass is 9.92. The third kappa shape index (κ3) is 3.48. The summed E-state index contributed by atoms with van der Waals surface area (Å²) in [6, 6.07) is 9.52. The van der Waals surface area contributed by atoms with Gasteiger partial charge in [0.1, 0.15) is 11.6 Å². The molecule has 0 aliphatic carbocycles. The molecule has 1 unspecified atom stereocenters. The predicted molar refractivity (Wildman–Crippen MR) is 82.4 cm³/mol. The summed E-state index contributed by atoms with van der Waals surface area (Å²) in [5, 5.41) is 3.26. The molecular weight excluding hydrogens is 268 g/mol. The van der Waals surface area contributed by atoms with E-state index in [4.69, 9.17) is 0 Å². The number of benzene rings is 2. The molecular formula is C18H21F2N. The Hall–Kier alpha value is -1.74. The van der Waals surface area contributed by atoms with Gasteiger partial charge in [-0.3, -0.25) is 0 Å². The molecule has 0 saturated carbocycles. The van der Waals surface area contributed by atoms with Crippen LogP contribution >= 0.6 is 0 Å². The van der Waals surface area contributed by atoms with Crippen LogP contribution in [0.15, 0.2) is 36.4 Å². The van der Waals surface area contributed by atoms with Crippen LogP contribution in [0.3, 0.4) is 0 Å². The molecule has 0 fully saturated rings. The quantitative estimate of drug-likeness (QED) is 0.843. The predicted octanol–water partition coefficient (Wildman–Crippen LogP) is 4.67. The third-order valence-electron chi connectivity index (χ3n) is 3.58. The maximum Gasteiger partial charge on any atom is 0.128 e. The number of hydrogen-bond donors (Lipinski definition) is 1. The van der Waals surface area contributed by atoms with Crippen molar-refractivity contribution in [1.82, 2.24) is 5.32 Å². The molecule has 2 aromatic carbocycles. The molecule has 0 bridgehead atoms. The van der Waals surface area contributed by atoms with E-state index in [2.05, 4.69) is 5.32 Å². The Morgan fingerprint density at radius 3 is 2.38 bits per heavy atom. The van der Waals surface area contributed by atoms with Gasteiger partial charge in [0.25, 0.3) is 0 Å². The number of aryl methyl sites for hydroxylation is 2. The van der Waals surface area contributed by atoms with E-state index in [1.54, 1.807) is 18.2 Å². The molecule has 0 spiro atoms. The van der Waals surface area contributed by atoms with Gasteiger partial charge in [0, 0.05) is 11.1 Å². The molecule has 0 heterocycles. The molecule has 2 aromatic rings. The molecule has 1 atom stereocenters. The smallest absolute Gasteiger partial charge is 0.128 e. The monoisotopic (exact) mass is 289 g/mol. The van der Waals surface area contributed by atoms with Crippen molar-refractivity contribution >= 4 is 0 Å². The van der Waals surface area contributed by atoms with Gasteiger partial charge in [0.05, 0.1) is 6.04 Å². The second-order valence-corrected chi connectivity index (χ2v) is 5.39. The van der Waals surface area contributed by atoms with Crippen LogP contribution in [-0.2, 0) is 0 Å². The van der Waals surface area contributed by atoms with Gasteiger partial charge in [-0.05, 0) is 50.1 Å². The van der Waals surface area contributed by atoms with E-state index in [-0.39, 0.29) is 11.6 Å². The van der Waals surface area contributed by atoms with Crippen LogP contribution in [0.2, 0.25) is 0 Å². The Kier molecular flexibility index (Phi) is 5.07. The summed E-state index contributed by atoms with van der Waals surface area (Å²) in [4.78, 5) is 0. The maximum absolute atomic E-state index is 14.4. The van der Waals surface area contributed by atoms with Crippen molar-refractivity contribution in [2.45, 2.75) is 33.2 Å². The second kappa shape index (κ2) is 6.81. The highest BCUT2D eigenvalue weighted by molar-refractivity contribution is 5.40. The first-order valence-electron chi connectivity index (χ1n) is 7.29. The van der Waals surface area contributed by atoms with Gasteiger partial charge >= 0.3 is 0 Å². The molecule has 1 nitrogen and oxygen atoms in total. The summed E-state index contributed by atoms with van der Waals surface area (Å²) in [7, 11) is 0. The van der Waals surface area contributed by atoms with E-state index < -0.39 is 6.04 Å². The lowest BCUT2D eigenvalue weighted by Gasteiger charge is -2.23. The topological polar surface area (TPSA) is 12.0 Å². The first-order chi connectivity index (χ1) is 10.0. The van der Waals surface area contributed by atoms with Crippen LogP contribution in [0.5, 0.6) is 0 Å². The zero-order chi connectivity index (χ0) is 15.4. The highest BCUT2D eigenvalue weighted by Gasteiger charge is 2.22. The maximum atomic E-state index is 14.4. The Labute approximate surface area is 125 Å². The highest BCUT2D eigenvalue weighted by Crippen LogP contribution is 2.29. The van der Waals surface area contributed by atoms with E-state index >= 15 is 0 Å². The lowest BCUT2D eigenvalue weighted by Crippen LogP contribution is -2.26. The Bertz CT molecular complexity index is 599. The molecule has 0 aromatic heterocycles. The van der Waals surface area contributed by atoms with Gasteiger partial charge in [-0.1, -0.05) is 31.2 Å². The molecule has 0 radical (unpaired) electrons. The van der Waals surface area contributed by atoms with Crippen molar-refractivity contribution in [1.29, 1.82) is 0 Å². The van der Waals surface area contributed by atoms with Crippen LogP contribution in [0.4, 0.5) is 8.78 Å². The van der Waals surface area contributed by atoms with Crippen molar-refractivity contribution in [2.75, 3.05) is 6.54 Å². The number of hydrogen-bond acceptors (Lipinski definition) is 1. The van der Waals surface area contributed by atoms with E-state index in [1.807, 2.05) is 26.8 Å².